The van der Waals surface area contributed by atoms with E-state index in [4.69, 9.17) is 5.11 Å². The van der Waals surface area contributed by atoms with E-state index in [1.165, 1.54) is 25.7 Å². The van der Waals surface area contributed by atoms with Crippen molar-refractivity contribution >= 4 is 12.0 Å². The van der Waals surface area contributed by atoms with E-state index in [2.05, 4.69) is 17.6 Å². The molecule has 0 radical (unpaired) electrons. The molecule has 2 amide bonds. The van der Waals surface area contributed by atoms with E-state index < -0.39 is 5.97 Å². The van der Waals surface area contributed by atoms with Gasteiger partial charge in [-0.25, -0.2) is 4.79 Å². The Morgan fingerprint density at radius 1 is 1.21 bits per heavy atom. The zero-order valence-electron chi connectivity index (χ0n) is 15.1. The fourth-order valence-electron chi connectivity index (χ4n) is 4.17. The van der Waals surface area contributed by atoms with Gasteiger partial charge in [-0.05, 0) is 44.6 Å². The highest BCUT2D eigenvalue weighted by Crippen LogP contribution is 2.30. The van der Waals surface area contributed by atoms with Crippen molar-refractivity contribution < 1.29 is 14.7 Å². The Balaban J connectivity index is 1.72. The van der Waals surface area contributed by atoms with E-state index in [9.17, 15) is 9.59 Å². The summed E-state index contributed by atoms with van der Waals surface area (Å²) >= 11 is 0. The van der Waals surface area contributed by atoms with E-state index in [0.29, 0.717) is 12.0 Å². The second kappa shape index (κ2) is 9.25. The summed E-state index contributed by atoms with van der Waals surface area (Å²) in [5.41, 5.74) is 0. The van der Waals surface area contributed by atoms with Gasteiger partial charge in [0.1, 0.15) is 0 Å². The second-order valence-corrected chi connectivity index (χ2v) is 7.34. The largest absolute Gasteiger partial charge is 0.480 e. The van der Waals surface area contributed by atoms with Gasteiger partial charge in [-0.3, -0.25) is 9.69 Å². The SMILES string of the molecule is CCCC(NC(=O)NC1CC(N(CC)CC(=O)O)C1)C1CCCC1. The van der Waals surface area contributed by atoms with Crippen LogP contribution in [-0.4, -0.2) is 53.2 Å². The fraction of sp³-hybridized carbons (Fsp3) is 0.889. The van der Waals surface area contributed by atoms with Gasteiger partial charge in [0.2, 0.25) is 0 Å². The molecule has 2 aliphatic carbocycles. The molecule has 2 rings (SSSR count). The highest BCUT2D eigenvalue weighted by molar-refractivity contribution is 5.74. The van der Waals surface area contributed by atoms with Crippen LogP contribution in [0.2, 0.25) is 0 Å². The average Bonchev–Trinajstić information content (AvgIpc) is 3.02. The standard InChI is InChI=1S/C18H33N3O3/c1-3-7-16(13-8-5-6-9-13)20-18(24)19-14-10-15(11-14)21(4-2)12-17(22)23/h13-16H,3-12H2,1-2H3,(H,22,23)(H2,19,20,24). The van der Waals surface area contributed by atoms with Crippen molar-refractivity contribution in [1.82, 2.24) is 15.5 Å². The molecule has 0 aromatic heterocycles. The summed E-state index contributed by atoms with van der Waals surface area (Å²) in [6.07, 6.45) is 8.87. The number of aliphatic carboxylic acids is 1. The quantitative estimate of drug-likeness (QED) is 0.603. The van der Waals surface area contributed by atoms with Gasteiger partial charge in [-0.1, -0.05) is 33.1 Å². The van der Waals surface area contributed by atoms with Crippen LogP contribution in [-0.2, 0) is 4.79 Å². The van der Waals surface area contributed by atoms with Crippen LogP contribution in [0.1, 0.15) is 65.2 Å². The smallest absolute Gasteiger partial charge is 0.317 e. The highest BCUT2D eigenvalue weighted by Gasteiger charge is 2.35. The Bertz CT molecular complexity index is 418. The van der Waals surface area contributed by atoms with Gasteiger partial charge in [0.25, 0.3) is 0 Å². The first kappa shape index (κ1) is 19.0. The van der Waals surface area contributed by atoms with Crippen LogP contribution < -0.4 is 10.6 Å². The second-order valence-electron chi connectivity index (χ2n) is 7.34. The van der Waals surface area contributed by atoms with Crippen molar-refractivity contribution in [2.45, 2.75) is 83.3 Å². The van der Waals surface area contributed by atoms with E-state index >= 15 is 0 Å². The summed E-state index contributed by atoms with van der Waals surface area (Å²) in [6.45, 7) is 4.96. The van der Waals surface area contributed by atoms with Crippen molar-refractivity contribution in [2.24, 2.45) is 5.92 Å². The Hall–Kier alpha value is -1.30. The van der Waals surface area contributed by atoms with Crippen LogP contribution in [0.15, 0.2) is 0 Å². The molecular formula is C18H33N3O3. The topological polar surface area (TPSA) is 81.7 Å². The molecule has 0 saturated heterocycles. The van der Waals surface area contributed by atoms with E-state index in [1.54, 1.807) is 0 Å². The van der Waals surface area contributed by atoms with Gasteiger partial charge in [0, 0.05) is 18.1 Å². The van der Waals surface area contributed by atoms with Crippen LogP contribution in [0.4, 0.5) is 4.79 Å². The first-order valence-electron chi connectivity index (χ1n) is 9.56. The van der Waals surface area contributed by atoms with Crippen molar-refractivity contribution in [2.75, 3.05) is 13.1 Å². The number of carbonyl (C=O) groups is 2. The number of likely N-dealkylation sites (N-methyl/N-ethyl adjacent to an activating group) is 1. The molecule has 0 aromatic rings. The summed E-state index contributed by atoms with van der Waals surface area (Å²) in [6, 6.07) is 0.693. The third kappa shape index (κ3) is 5.36. The van der Waals surface area contributed by atoms with Crippen LogP contribution in [0.5, 0.6) is 0 Å². The molecular weight excluding hydrogens is 306 g/mol. The van der Waals surface area contributed by atoms with Gasteiger partial charge in [0.05, 0.1) is 6.54 Å². The Kier molecular flexibility index (Phi) is 7.34. The first-order valence-corrected chi connectivity index (χ1v) is 9.56. The minimum absolute atomic E-state index is 0.0508. The average molecular weight is 339 g/mol. The molecule has 0 aromatic carbocycles. The molecule has 3 N–H and O–H groups in total. The molecule has 0 bridgehead atoms. The number of nitrogens with zero attached hydrogens (tertiary/aromatic N) is 1. The van der Waals surface area contributed by atoms with Crippen LogP contribution >= 0.6 is 0 Å². The highest BCUT2D eigenvalue weighted by atomic mass is 16.4. The molecule has 0 spiro atoms. The number of nitrogens with one attached hydrogen (secondary N) is 2. The molecule has 6 heteroatoms. The lowest BCUT2D eigenvalue weighted by Crippen LogP contribution is -2.57. The van der Waals surface area contributed by atoms with Gasteiger partial charge in [-0.2, -0.15) is 0 Å². The van der Waals surface area contributed by atoms with Gasteiger partial charge in [-0.15, -0.1) is 0 Å². The Morgan fingerprint density at radius 3 is 2.42 bits per heavy atom. The van der Waals surface area contributed by atoms with Crippen LogP contribution in [0.25, 0.3) is 0 Å². The number of carbonyl (C=O) groups excluding carboxylic acids is 1. The van der Waals surface area contributed by atoms with E-state index in [-0.39, 0.29) is 24.7 Å². The van der Waals surface area contributed by atoms with E-state index in [1.807, 2.05) is 11.8 Å². The fourth-order valence-corrected chi connectivity index (χ4v) is 4.17. The first-order chi connectivity index (χ1) is 11.5. The normalized spacial score (nSPS) is 25.3. The van der Waals surface area contributed by atoms with Crippen molar-refractivity contribution in [3.05, 3.63) is 0 Å². The molecule has 2 fully saturated rings. The predicted molar refractivity (Wildman–Crippen MR) is 94.0 cm³/mol. The molecule has 2 aliphatic rings. The number of hydrogen-bond acceptors (Lipinski definition) is 3. The monoisotopic (exact) mass is 339 g/mol. The van der Waals surface area contributed by atoms with Crippen molar-refractivity contribution in [3.63, 3.8) is 0 Å². The number of amides is 2. The van der Waals surface area contributed by atoms with E-state index in [0.717, 1.165) is 32.2 Å². The Labute approximate surface area is 145 Å². The molecule has 138 valence electrons. The summed E-state index contributed by atoms with van der Waals surface area (Å²) < 4.78 is 0. The number of rotatable bonds is 9. The molecule has 6 nitrogen and oxygen atoms in total. The van der Waals surface area contributed by atoms with Gasteiger partial charge in [0.15, 0.2) is 0 Å². The maximum Gasteiger partial charge on any atom is 0.317 e. The minimum Gasteiger partial charge on any atom is -0.480 e. The molecule has 0 aliphatic heterocycles. The number of hydrogen-bond donors (Lipinski definition) is 3. The lowest BCUT2D eigenvalue weighted by molar-refractivity contribution is -0.139. The molecule has 2 saturated carbocycles. The summed E-state index contributed by atoms with van der Waals surface area (Å²) in [7, 11) is 0. The summed E-state index contributed by atoms with van der Waals surface area (Å²) in [4.78, 5) is 25.1. The lowest BCUT2D eigenvalue weighted by Gasteiger charge is -2.42. The zero-order chi connectivity index (χ0) is 17.5. The van der Waals surface area contributed by atoms with Crippen molar-refractivity contribution in [3.8, 4) is 0 Å². The maximum atomic E-state index is 12.3. The zero-order valence-corrected chi connectivity index (χ0v) is 15.1. The minimum atomic E-state index is -0.787. The molecule has 24 heavy (non-hydrogen) atoms. The number of carboxylic acids is 1. The third-order valence-corrected chi connectivity index (χ3v) is 5.59. The van der Waals surface area contributed by atoms with Crippen molar-refractivity contribution in [1.29, 1.82) is 0 Å². The predicted octanol–water partition coefficient (Wildman–Crippen LogP) is 2.58. The Morgan fingerprint density at radius 2 is 1.88 bits per heavy atom. The number of urea groups is 1. The summed E-state index contributed by atoms with van der Waals surface area (Å²) in [5.74, 6) is -0.152. The third-order valence-electron chi connectivity index (χ3n) is 5.59. The lowest BCUT2D eigenvalue weighted by atomic mass is 9.85. The molecule has 0 heterocycles. The van der Waals surface area contributed by atoms with Crippen LogP contribution in [0.3, 0.4) is 0 Å². The van der Waals surface area contributed by atoms with Gasteiger partial charge >= 0.3 is 12.0 Å². The molecule has 1 atom stereocenters. The molecule has 1 unspecified atom stereocenters. The number of carboxylic acid groups (broad SMARTS) is 1. The summed E-state index contributed by atoms with van der Waals surface area (Å²) in [5, 5.41) is 15.2. The van der Waals surface area contributed by atoms with Gasteiger partial charge < -0.3 is 15.7 Å². The van der Waals surface area contributed by atoms with Crippen LogP contribution in [0, 0.1) is 5.92 Å². The maximum absolute atomic E-state index is 12.3.